The number of nitrogens with one attached hydrogen (secondary N) is 2. The Morgan fingerprint density at radius 2 is 2.03 bits per heavy atom. The number of pyridine rings is 2. The van der Waals surface area contributed by atoms with E-state index in [9.17, 15) is 9.18 Å². The zero-order valence-corrected chi connectivity index (χ0v) is 18.0. The Kier molecular flexibility index (Phi) is 6.17. The first-order chi connectivity index (χ1) is 16.0. The molecule has 0 fully saturated rings. The van der Waals surface area contributed by atoms with Gasteiger partial charge in [0.05, 0.1) is 22.3 Å². The number of halogens is 1. The molecule has 0 saturated heterocycles. The summed E-state index contributed by atoms with van der Waals surface area (Å²) in [5.74, 6) is -0.330. The molecule has 1 atom stereocenters. The third-order valence-electron chi connectivity index (χ3n) is 5.29. The molecule has 33 heavy (non-hydrogen) atoms. The maximum Gasteiger partial charge on any atom is 0.251 e. The molecule has 0 spiro atoms. The summed E-state index contributed by atoms with van der Waals surface area (Å²) in [5, 5.41) is 15.1. The highest BCUT2D eigenvalue weighted by Crippen LogP contribution is 2.29. The van der Waals surface area contributed by atoms with E-state index in [4.69, 9.17) is 5.26 Å². The van der Waals surface area contributed by atoms with Crippen LogP contribution in [0.5, 0.6) is 0 Å². The van der Waals surface area contributed by atoms with E-state index >= 15 is 0 Å². The number of anilines is 1. The minimum Gasteiger partial charge on any atom is -0.369 e. The third-order valence-corrected chi connectivity index (χ3v) is 5.29. The lowest BCUT2D eigenvalue weighted by Crippen LogP contribution is -2.19. The minimum atomic E-state index is -0.491. The van der Waals surface area contributed by atoms with E-state index in [0.29, 0.717) is 34.7 Å². The Balaban J connectivity index is 1.59. The van der Waals surface area contributed by atoms with Gasteiger partial charge in [0, 0.05) is 55.1 Å². The second-order valence-electron chi connectivity index (χ2n) is 7.44. The number of hydrogen-bond acceptors (Lipinski definition) is 7. The first-order valence-electron chi connectivity index (χ1n) is 10.2. The number of aromatic nitrogens is 4. The van der Waals surface area contributed by atoms with Crippen LogP contribution in [0.15, 0.2) is 55.2 Å². The molecule has 2 N–H and O–H groups in total. The third kappa shape index (κ3) is 4.45. The highest BCUT2D eigenvalue weighted by Gasteiger charge is 2.18. The van der Waals surface area contributed by atoms with Crippen molar-refractivity contribution in [3.05, 3.63) is 77.8 Å². The second kappa shape index (κ2) is 9.36. The summed E-state index contributed by atoms with van der Waals surface area (Å²) in [5.41, 5.74) is 3.30. The number of rotatable bonds is 6. The molecule has 1 aromatic carbocycles. The van der Waals surface area contributed by atoms with Gasteiger partial charge in [0.25, 0.3) is 5.91 Å². The predicted octanol–water partition coefficient (Wildman–Crippen LogP) is 3.67. The van der Waals surface area contributed by atoms with Crippen LogP contribution in [0.1, 0.15) is 34.3 Å². The monoisotopic (exact) mass is 441 g/mol. The highest BCUT2D eigenvalue weighted by atomic mass is 19.1. The molecule has 3 heterocycles. The molecule has 4 rings (SSSR count). The Labute approximate surface area is 189 Å². The number of amides is 1. The molecular weight excluding hydrogens is 421 g/mol. The molecule has 9 heteroatoms. The summed E-state index contributed by atoms with van der Waals surface area (Å²) < 4.78 is 14.6. The van der Waals surface area contributed by atoms with Crippen molar-refractivity contribution in [1.29, 1.82) is 5.26 Å². The average Bonchev–Trinajstić information content (AvgIpc) is 2.87. The molecule has 0 aliphatic rings. The van der Waals surface area contributed by atoms with Gasteiger partial charge in [-0.15, -0.1) is 0 Å². The number of carbonyl (C=O) groups excluding carboxylic acids is 1. The standard InChI is InChI=1S/C24H20FN7O/c1-14(17-3-4-19(25)22-18(24(33)27-2)5-6-29-23(17)22)10-30-21-8-20(31-13-32-21)16-7-15(9-26)11-28-12-16/h3-8,11-14H,10H2,1-2H3,(H,27,33)(H,30,31,32)/t14-/m1/s1. The molecule has 0 radical (unpaired) electrons. The predicted molar refractivity (Wildman–Crippen MR) is 122 cm³/mol. The van der Waals surface area contributed by atoms with Gasteiger partial charge in [-0.2, -0.15) is 5.26 Å². The quantitative estimate of drug-likeness (QED) is 0.469. The summed E-state index contributed by atoms with van der Waals surface area (Å²) in [6, 6.07) is 10.1. The maximum atomic E-state index is 14.6. The van der Waals surface area contributed by atoms with E-state index in [1.54, 1.807) is 24.4 Å². The Morgan fingerprint density at radius 3 is 2.82 bits per heavy atom. The number of carbonyl (C=O) groups is 1. The number of benzene rings is 1. The fourth-order valence-electron chi connectivity index (χ4n) is 3.59. The molecule has 0 bridgehead atoms. The van der Waals surface area contributed by atoms with Crippen molar-refractivity contribution >= 4 is 22.6 Å². The largest absolute Gasteiger partial charge is 0.369 e. The summed E-state index contributed by atoms with van der Waals surface area (Å²) in [7, 11) is 1.51. The first-order valence-corrected chi connectivity index (χ1v) is 10.2. The normalized spacial score (nSPS) is 11.6. The van der Waals surface area contributed by atoms with Gasteiger partial charge in [-0.3, -0.25) is 14.8 Å². The van der Waals surface area contributed by atoms with Crippen molar-refractivity contribution in [3.63, 3.8) is 0 Å². The summed E-state index contributed by atoms with van der Waals surface area (Å²) in [4.78, 5) is 29.2. The average molecular weight is 441 g/mol. The van der Waals surface area contributed by atoms with Crippen LogP contribution in [0, 0.1) is 17.1 Å². The lowest BCUT2D eigenvalue weighted by atomic mass is 9.95. The fourth-order valence-corrected chi connectivity index (χ4v) is 3.59. The zero-order chi connectivity index (χ0) is 23.4. The van der Waals surface area contributed by atoms with E-state index in [1.165, 1.54) is 37.9 Å². The zero-order valence-electron chi connectivity index (χ0n) is 18.0. The molecule has 0 aliphatic carbocycles. The molecule has 3 aromatic heterocycles. The number of hydrogen-bond donors (Lipinski definition) is 2. The van der Waals surface area contributed by atoms with Crippen LogP contribution in [-0.4, -0.2) is 39.4 Å². The molecule has 0 unspecified atom stereocenters. The van der Waals surface area contributed by atoms with Crippen molar-refractivity contribution in [3.8, 4) is 17.3 Å². The van der Waals surface area contributed by atoms with Gasteiger partial charge in [0.1, 0.15) is 24.0 Å². The number of nitriles is 1. The second-order valence-corrected chi connectivity index (χ2v) is 7.44. The molecule has 0 saturated carbocycles. The van der Waals surface area contributed by atoms with Crippen LogP contribution in [-0.2, 0) is 0 Å². The topological polar surface area (TPSA) is 116 Å². The molecule has 8 nitrogen and oxygen atoms in total. The van der Waals surface area contributed by atoms with Crippen LogP contribution in [0.25, 0.3) is 22.2 Å². The van der Waals surface area contributed by atoms with Crippen LogP contribution < -0.4 is 10.6 Å². The summed E-state index contributed by atoms with van der Waals surface area (Å²) >= 11 is 0. The van der Waals surface area contributed by atoms with E-state index < -0.39 is 5.82 Å². The molecule has 164 valence electrons. The van der Waals surface area contributed by atoms with Crippen LogP contribution in [0.2, 0.25) is 0 Å². The Hall–Kier alpha value is -4.45. The van der Waals surface area contributed by atoms with E-state index in [1.807, 2.05) is 6.92 Å². The Morgan fingerprint density at radius 1 is 1.18 bits per heavy atom. The maximum absolute atomic E-state index is 14.6. The first kappa shape index (κ1) is 21.8. The van der Waals surface area contributed by atoms with Gasteiger partial charge in [-0.1, -0.05) is 13.0 Å². The van der Waals surface area contributed by atoms with Crippen molar-refractivity contribution in [2.45, 2.75) is 12.8 Å². The summed E-state index contributed by atoms with van der Waals surface area (Å²) in [6.07, 6.45) is 6.07. The van der Waals surface area contributed by atoms with Gasteiger partial charge >= 0.3 is 0 Å². The lowest BCUT2D eigenvalue weighted by Gasteiger charge is -2.17. The minimum absolute atomic E-state index is 0.0671. The number of nitrogens with zero attached hydrogens (tertiary/aromatic N) is 5. The van der Waals surface area contributed by atoms with Crippen molar-refractivity contribution in [2.24, 2.45) is 0 Å². The molecule has 0 aliphatic heterocycles. The van der Waals surface area contributed by atoms with Crippen molar-refractivity contribution < 1.29 is 9.18 Å². The molecule has 4 aromatic rings. The van der Waals surface area contributed by atoms with Gasteiger partial charge < -0.3 is 10.6 Å². The smallest absolute Gasteiger partial charge is 0.251 e. The highest BCUT2D eigenvalue weighted by molar-refractivity contribution is 6.06. The molecular formula is C24H20FN7O. The number of fused-ring (bicyclic) bond motifs is 1. The van der Waals surface area contributed by atoms with Crippen LogP contribution in [0.4, 0.5) is 10.2 Å². The van der Waals surface area contributed by atoms with E-state index in [2.05, 4.69) is 36.6 Å². The van der Waals surface area contributed by atoms with Crippen LogP contribution in [0.3, 0.4) is 0 Å². The lowest BCUT2D eigenvalue weighted by molar-refractivity contribution is 0.0964. The molecule has 1 amide bonds. The van der Waals surface area contributed by atoms with Gasteiger partial charge in [0.2, 0.25) is 0 Å². The fraction of sp³-hybridized carbons (Fsp3) is 0.167. The van der Waals surface area contributed by atoms with E-state index in [0.717, 1.165) is 5.56 Å². The van der Waals surface area contributed by atoms with E-state index in [-0.39, 0.29) is 22.8 Å². The van der Waals surface area contributed by atoms with Gasteiger partial charge in [0.15, 0.2) is 0 Å². The Bertz CT molecular complexity index is 1380. The van der Waals surface area contributed by atoms with Crippen LogP contribution >= 0.6 is 0 Å². The SMILES string of the molecule is CNC(=O)c1ccnc2c([C@H](C)CNc3cc(-c4cncc(C#N)c4)ncn3)ccc(F)c12. The van der Waals surface area contributed by atoms with Crippen molar-refractivity contribution in [2.75, 3.05) is 18.9 Å². The van der Waals surface area contributed by atoms with Gasteiger partial charge in [-0.25, -0.2) is 14.4 Å². The summed E-state index contributed by atoms with van der Waals surface area (Å²) in [6.45, 7) is 2.47. The van der Waals surface area contributed by atoms with Gasteiger partial charge in [-0.05, 0) is 23.8 Å². The van der Waals surface area contributed by atoms with Crippen molar-refractivity contribution in [1.82, 2.24) is 25.3 Å².